The molecule has 60 heavy (non-hydrogen) atoms. The second kappa shape index (κ2) is 15.1. The Labute approximate surface area is 345 Å². The number of nitrogens with zero attached hydrogens (tertiary/aromatic N) is 6. The van der Waals surface area contributed by atoms with Crippen molar-refractivity contribution < 1.29 is 4.39 Å². The monoisotopic (exact) mass is 770 g/mol. The molecule has 0 bridgehead atoms. The van der Waals surface area contributed by atoms with Gasteiger partial charge in [0.1, 0.15) is 5.82 Å². The maximum absolute atomic E-state index is 14.3. The van der Waals surface area contributed by atoms with Gasteiger partial charge in [-0.15, -0.1) is 0 Å². The second-order valence-electron chi connectivity index (χ2n) is 14.5. The minimum absolute atomic E-state index is 0.314. The SMILES string of the molecule is N#Cc1cccc(-c2ccc3c4ccc(-c5cccc(C#N)c5)cc4n(-c4cc(-c5ccc(F)cc5)ccc4-c4nc(-c5ccccc5)nc(-c5ccccc5)n4)c3c2)c1. The first-order valence-corrected chi connectivity index (χ1v) is 19.4. The summed E-state index contributed by atoms with van der Waals surface area (Å²) in [6.07, 6.45) is 0. The first kappa shape index (κ1) is 35.9. The Bertz CT molecular complexity index is 3170. The zero-order valence-electron chi connectivity index (χ0n) is 32.0. The van der Waals surface area contributed by atoms with Crippen LogP contribution in [0.5, 0.6) is 0 Å². The van der Waals surface area contributed by atoms with Crippen molar-refractivity contribution in [3.05, 3.63) is 205 Å². The van der Waals surface area contributed by atoms with Crippen LogP contribution < -0.4 is 0 Å². The van der Waals surface area contributed by atoms with Crippen LogP contribution in [0.25, 0.3) is 95.0 Å². The Hall–Kier alpha value is -8.52. The average Bonchev–Trinajstić information content (AvgIpc) is 3.65. The van der Waals surface area contributed by atoms with E-state index >= 15 is 0 Å². The van der Waals surface area contributed by atoms with Crippen molar-refractivity contribution in [3.8, 4) is 85.4 Å². The number of halogens is 1. The molecule has 2 aromatic heterocycles. The van der Waals surface area contributed by atoms with Crippen molar-refractivity contribution >= 4 is 21.8 Å². The molecule has 8 aromatic carbocycles. The van der Waals surface area contributed by atoms with Gasteiger partial charge in [-0.05, 0) is 94.0 Å². The van der Waals surface area contributed by atoms with Crippen LogP contribution in [0.15, 0.2) is 188 Å². The van der Waals surface area contributed by atoms with Crippen LogP contribution in [-0.4, -0.2) is 19.5 Å². The fraction of sp³-hybridized carbons (Fsp3) is 0. The highest BCUT2D eigenvalue weighted by atomic mass is 19.1. The third kappa shape index (κ3) is 6.63. The van der Waals surface area contributed by atoms with Gasteiger partial charge < -0.3 is 4.57 Å². The van der Waals surface area contributed by atoms with Gasteiger partial charge in [-0.3, -0.25) is 0 Å². The molecule has 0 N–H and O–H groups in total. The van der Waals surface area contributed by atoms with E-state index < -0.39 is 0 Å². The van der Waals surface area contributed by atoms with Crippen LogP contribution in [0.1, 0.15) is 11.1 Å². The summed E-state index contributed by atoms with van der Waals surface area (Å²) in [5.74, 6) is 1.24. The van der Waals surface area contributed by atoms with Gasteiger partial charge in [0.15, 0.2) is 17.5 Å². The molecular weight excluding hydrogens is 740 g/mol. The fourth-order valence-electron chi connectivity index (χ4n) is 7.83. The van der Waals surface area contributed by atoms with E-state index in [1.165, 1.54) is 12.1 Å². The summed E-state index contributed by atoms with van der Waals surface area (Å²) in [7, 11) is 0. The molecule has 0 fully saturated rings. The highest BCUT2D eigenvalue weighted by molar-refractivity contribution is 6.11. The van der Waals surface area contributed by atoms with Gasteiger partial charge >= 0.3 is 0 Å². The van der Waals surface area contributed by atoms with Gasteiger partial charge in [-0.1, -0.05) is 127 Å². The lowest BCUT2D eigenvalue weighted by Crippen LogP contribution is -2.04. The molecule has 0 unspecified atom stereocenters. The summed E-state index contributed by atoms with van der Waals surface area (Å²) in [6, 6.07) is 65.0. The molecule has 0 aliphatic carbocycles. The topological polar surface area (TPSA) is 91.2 Å². The van der Waals surface area contributed by atoms with Crippen LogP contribution in [0, 0.1) is 28.5 Å². The maximum Gasteiger partial charge on any atom is 0.166 e. The summed E-state index contributed by atoms with van der Waals surface area (Å²) in [5, 5.41) is 21.6. The number of fused-ring (bicyclic) bond motifs is 3. The molecule has 0 aliphatic heterocycles. The Morgan fingerprint density at radius 3 is 1.33 bits per heavy atom. The minimum atomic E-state index is -0.314. The van der Waals surface area contributed by atoms with Gasteiger partial charge in [-0.2, -0.15) is 10.5 Å². The smallest absolute Gasteiger partial charge is 0.166 e. The summed E-state index contributed by atoms with van der Waals surface area (Å²) < 4.78 is 16.5. The lowest BCUT2D eigenvalue weighted by Gasteiger charge is -2.17. The van der Waals surface area contributed by atoms with E-state index in [0.29, 0.717) is 28.6 Å². The third-order valence-electron chi connectivity index (χ3n) is 10.8. The Morgan fingerprint density at radius 1 is 0.383 bits per heavy atom. The molecule has 7 heteroatoms. The molecule has 6 nitrogen and oxygen atoms in total. The predicted octanol–water partition coefficient (Wildman–Crippen LogP) is 12.9. The summed E-state index contributed by atoms with van der Waals surface area (Å²) in [5.41, 5.74) is 11.7. The lowest BCUT2D eigenvalue weighted by atomic mass is 10.0. The fourth-order valence-corrected chi connectivity index (χ4v) is 7.83. The van der Waals surface area contributed by atoms with E-state index in [1.807, 2.05) is 109 Å². The van der Waals surface area contributed by atoms with Gasteiger partial charge in [-0.25, -0.2) is 19.3 Å². The molecule has 0 radical (unpaired) electrons. The maximum atomic E-state index is 14.3. The van der Waals surface area contributed by atoms with E-state index in [2.05, 4.69) is 59.2 Å². The van der Waals surface area contributed by atoms with E-state index in [1.54, 1.807) is 24.3 Å². The van der Waals surface area contributed by atoms with Gasteiger partial charge in [0.05, 0.1) is 40.0 Å². The zero-order chi connectivity index (χ0) is 40.6. The molecule has 0 saturated carbocycles. The molecule has 0 amide bonds. The number of hydrogen-bond donors (Lipinski definition) is 0. The highest BCUT2D eigenvalue weighted by Gasteiger charge is 2.22. The molecule has 0 saturated heterocycles. The van der Waals surface area contributed by atoms with E-state index in [4.69, 9.17) is 15.0 Å². The van der Waals surface area contributed by atoms with Crippen molar-refractivity contribution in [3.63, 3.8) is 0 Å². The number of nitriles is 2. The first-order valence-electron chi connectivity index (χ1n) is 19.4. The standard InChI is InChI=1S/C53H31FN6/c54-44-22-17-36(18-23-44)41-21-26-47(53-58-51(37-11-3-1-4-12-37)57-52(59-53)38-13-5-2-6-14-38)50(29-41)60-48-30-42(39-15-7-9-34(27-39)32-55)19-24-45(48)46-25-20-43(31-49(46)60)40-16-8-10-35(28-40)33-56/h1-31H. The van der Waals surface area contributed by atoms with Gasteiger partial charge in [0.25, 0.3) is 0 Å². The highest BCUT2D eigenvalue weighted by Crippen LogP contribution is 2.41. The summed E-state index contributed by atoms with van der Waals surface area (Å²) >= 11 is 0. The number of hydrogen-bond acceptors (Lipinski definition) is 5. The van der Waals surface area contributed by atoms with E-state index in [0.717, 1.165) is 77.6 Å². The molecule has 0 aliphatic rings. The summed E-state index contributed by atoms with van der Waals surface area (Å²) in [4.78, 5) is 15.3. The van der Waals surface area contributed by atoms with E-state index in [9.17, 15) is 14.9 Å². The van der Waals surface area contributed by atoms with Gasteiger partial charge in [0, 0.05) is 27.5 Å². The predicted molar refractivity (Wildman–Crippen MR) is 236 cm³/mol. The molecule has 0 spiro atoms. The summed E-state index contributed by atoms with van der Waals surface area (Å²) in [6.45, 7) is 0. The van der Waals surface area contributed by atoms with Crippen molar-refractivity contribution in [2.45, 2.75) is 0 Å². The van der Waals surface area contributed by atoms with Crippen molar-refractivity contribution in [2.75, 3.05) is 0 Å². The largest absolute Gasteiger partial charge is 0.308 e. The van der Waals surface area contributed by atoms with Crippen LogP contribution in [0.3, 0.4) is 0 Å². The van der Waals surface area contributed by atoms with Crippen molar-refractivity contribution in [1.82, 2.24) is 19.5 Å². The lowest BCUT2D eigenvalue weighted by molar-refractivity contribution is 0.628. The quantitative estimate of drug-likeness (QED) is 0.161. The van der Waals surface area contributed by atoms with Crippen LogP contribution in [0.2, 0.25) is 0 Å². The molecule has 0 atom stereocenters. The van der Waals surface area contributed by atoms with Crippen molar-refractivity contribution in [2.24, 2.45) is 0 Å². The molecule has 2 heterocycles. The molecule has 280 valence electrons. The number of benzene rings is 8. The Balaban J connectivity index is 1.31. The first-order chi connectivity index (χ1) is 29.5. The number of rotatable bonds is 7. The molecule has 10 aromatic rings. The van der Waals surface area contributed by atoms with E-state index in [-0.39, 0.29) is 5.82 Å². The number of aromatic nitrogens is 4. The molecular formula is C53H31FN6. The zero-order valence-corrected chi connectivity index (χ0v) is 32.0. The van der Waals surface area contributed by atoms with Crippen LogP contribution >= 0.6 is 0 Å². The minimum Gasteiger partial charge on any atom is -0.308 e. The Kier molecular flexibility index (Phi) is 9.02. The van der Waals surface area contributed by atoms with Crippen molar-refractivity contribution in [1.29, 1.82) is 10.5 Å². The second-order valence-corrected chi connectivity index (χ2v) is 14.5. The van der Waals surface area contributed by atoms with Crippen LogP contribution in [-0.2, 0) is 0 Å². The normalized spacial score (nSPS) is 11.1. The van der Waals surface area contributed by atoms with Crippen LogP contribution in [0.4, 0.5) is 4.39 Å². The Morgan fingerprint density at radius 2 is 0.817 bits per heavy atom. The van der Waals surface area contributed by atoms with Gasteiger partial charge in [0.2, 0.25) is 0 Å². The average molecular weight is 771 g/mol. The molecule has 10 rings (SSSR count). The third-order valence-corrected chi connectivity index (χ3v) is 10.8.